The summed E-state index contributed by atoms with van der Waals surface area (Å²) < 4.78 is 0. The van der Waals surface area contributed by atoms with Crippen molar-refractivity contribution in [1.29, 1.82) is 5.26 Å². The van der Waals surface area contributed by atoms with Crippen LogP contribution >= 0.6 is 10.5 Å². The summed E-state index contributed by atoms with van der Waals surface area (Å²) in [4.78, 5) is 10.9. The molecule has 1 fully saturated rings. The molecule has 1 rings (SSSR count). The standard InChI is InChI=1S/C10H15NOS/c1-9(12)8-10-2-5-13(6-3-10)7-4-11/h7,10H,2-3,5-6,8H2,1H3. The number of Topliss-reactive ketones (excluding diaryl/α,β-unsaturated/α-hetero) is 1. The normalized spacial score (nSPS) is 27.7. The molecule has 72 valence electrons. The molecule has 1 heterocycles. The van der Waals surface area contributed by atoms with Crippen LogP contribution in [0.25, 0.3) is 0 Å². The number of hydrogen-bond acceptors (Lipinski definition) is 2. The van der Waals surface area contributed by atoms with Gasteiger partial charge in [0.2, 0.25) is 0 Å². The lowest BCUT2D eigenvalue weighted by atomic mass is 9.97. The molecule has 0 aromatic heterocycles. The van der Waals surface area contributed by atoms with E-state index < -0.39 is 0 Å². The van der Waals surface area contributed by atoms with Crippen LogP contribution in [-0.2, 0) is 4.79 Å². The fourth-order valence-corrected chi connectivity index (χ4v) is 3.55. The second kappa shape index (κ2) is 5.18. The minimum absolute atomic E-state index is 0.222. The number of ketones is 1. The Morgan fingerprint density at radius 3 is 2.69 bits per heavy atom. The minimum Gasteiger partial charge on any atom is -0.300 e. The molecule has 0 spiro atoms. The lowest BCUT2D eigenvalue weighted by molar-refractivity contribution is -0.117. The molecule has 2 nitrogen and oxygen atoms in total. The van der Waals surface area contributed by atoms with Crippen molar-refractivity contribution in [2.24, 2.45) is 5.92 Å². The van der Waals surface area contributed by atoms with Crippen LogP contribution in [-0.4, -0.2) is 22.7 Å². The quantitative estimate of drug-likeness (QED) is 0.635. The molecule has 0 saturated carbocycles. The Balaban J connectivity index is 2.35. The van der Waals surface area contributed by atoms with Crippen molar-refractivity contribution in [3.63, 3.8) is 0 Å². The predicted molar refractivity (Wildman–Crippen MR) is 57.0 cm³/mol. The molecule has 0 atom stereocenters. The topological polar surface area (TPSA) is 40.9 Å². The van der Waals surface area contributed by atoms with Crippen molar-refractivity contribution in [2.45, 2.75) is 26.2 Å². The van der Waals surface area contributed by atoms with Crippen molar-refractivity contribution in [1.82, 2.24) is 0 Å². The van der Waals surface area contributed by atoms with Gasteiger partial charge in [-0.25, -0.2) is 0 Å². The fraction of sp³-hybridized carbons (Fsp3) is 0.700. The van der Waals surface area contributed by atoms with E-state index in [4.69, 9.17) is 5.26 Å². The highest BCUT2D eigenvalue weighted by atomic mass is 32.2. The van der Waals surface area contributed by atoms with Gasteiger partial charge in [0.15, 0.2) is 0 Å². The third-order valence-corrected chi connectivity index (χ3v) is 4.33. The zero-order valence-electron chi connectivity index (χ0n) is 7.95. The van der Waals surface area contributed by atoms with E-state index in [1.807, 2.05) is 0 Å². The van der Waals surface area contributed by atoms with Gasteiger partial charge in [0.05, 0.1) is 6.07 Å². The molecule has 1 saturated heterocycles. The van der Waals surface area contributed by atoms with Gasteiger partial charge in [-0.15, -0.1) is 0 Å². The summed E-state index contributed by atoms with van der Waals surface area (Å²) in [5.41, 5.74) is 0. The summed E-state index contributed by atoms with van der Waals surface area (Å²) in [6.07, 6.45) is 2.99. The maximum atomic E-state index is 10.9. The zero-order chi connectivity index (χ0) is 9.68. The summed E-state index contributed by atoms with van der Waals surface area (Å²) in [5.74, 6) is 3.13. The number of carbonyl (C=O) groups is 1. The SMILES string of the molecule is CC(=O)CC1CCS(=CC#N)CC1. The lowest BCUT2D eigenvalue weighted by Gasteiger charge is -2.23. The molecule has 1 aliphatic heterocycles. The van der Waals surface area contributed by atoms with Crippen molar-refractivity contribution in [3.05, 3.63) is 0 Å². The van der Waals surface area contributed by atoms with E-state index in [2.05, 4.69) is 6.07 Å². The molecular formula is C10H15NOS. The van der Waals surface area contributed by atoms with E-state index >= 15 is 0 Å². The van der Waals surface area contributed by atoms with Gasteiger partial charge in [-0.05, 0) is 37.2 Å². The molecule has 0 unspecified atom stereocenters. The fourth-order valence-electron chi connectivity index (χ4n) is 1.69. The van der Waals surface area contributed by atoms with E-state index in [1.165, 1.54) is 0 Å². The van der Waals surface area contributed by atoms with Crippen LogP contribution in [0.2, 0.25) is 0 Å². The lowest BCUT2D eigenvalue weighted by Crippen LogP contribution is -2.14. The Morgan fingerprint density at radius 2 is 2.23 bits per heavy atom. The molecule has 3 heteroatoms. The maximum absolute atomic E-state index is 10.9. The van der Waals surface area contributed by atoms with Gasteiger partial charge < -0.3 is 4.79 Å². The molecule has 0 aliphatic carbocycles. The van der Waals surface area contributed by atoms with E-state index in [9.17, 15) is 4.79 Å². The Hall–Kier alpha value is -0.620. The van der Waals surface area contributed by atoms with Crippen LogP contribution < -0.4 is 0 Å². The highest BCUT2D eigenvalue weighted by Gasteiger charge is 2.16. The molecule has 1 aliphatic rings. The van der Waals surface area contributed by atoms with E-state index in [0.29, 0.717) is 11.7 Å². The number of carbonyl (C=O) groups excluding carboxylic acids is 1. The van der Waals surface area contributed by atoms with Crippen molar-refractivity contribution in [2.75, 3.05) is 11.5 Å². The highest BCUT2D eigenvalue weighted by molar-refractivity contribution is 8.15. The van der Waals surface area contributed by atoms with Crippen molar-refractivity contribution >= 4 is 21.6 Å². The van der Waals surface area contributed by atoms with E-state index in [0.717, 1.165) is 30.8 Å². The zero-order valence-corrected chi connectivity index (χ0v) is 8.77. The van der Waals surface area contributed by atoms with Gasteiger partial charge >= 0.3 is 0 Å². The largest absolute Gasteiger partial charge is 0.300 e. The van der Waals surface area contributed by atoms with Crippen LogP contribution in [0.15, 0.2) is 0 Å². The third kappa shape index (κ3) is 3.73. The first-order chi connectivity index (χ1) is 6.22. The van der Waals surface area contributed by atoms with E-state index in [-0.39, 0.29) is 10.5 Å². The van der Waals surface area contributed by atoms with Crippen LogP contribution in [0.1, 0.15) is 26.2 Å². The van der Waals surface area contributed by atoms with Gasteiger partial charge in [0.25, 0.3) is 0 Å². The average molecular weight is 197 g/mol. The monoisotopic (exact) mass is 197 g/mol. The van der Waals surface area contributed by atoms with Crippen LogP contribution in [0.5, 0.6) is 0 Å². The molecule has 0 aromatic rings. The van der Waals surface area contributed by atoms with Crippen LogP contribution in [0, 0.1) is 17.2 Å². The number of nitrogens with zero attached hydrogens (tertiary/aromatic N) is 1. The minimum atomic E-state index is 0.222. The third-order valence-electron chi connectivity index (χ3n) is 2.37. The summed E-state index contributed by atoms with van der Waals surface area (Å²) in [6.45, 7) is 1.66. The average Bonchev–Trinajstić information content (AvgIpc) is 2.08. The van der Waals surface area contributed by atoms with Crippen molar-refractivity contribution in [3.8, 4) is 6.07 Å². The first-order valence-corrected chi connectivity index (χ1v) is 6.23. The smallest absolute Gasteiger partial charge is 0.130 e. The number of rotatable bonds is 2. The summed E-state index contributed by atoms with van der Waals surface area (Å²) >= 11 is 0. The Kier molecular flexibility index (Phi) is 4.17. The second-order valence-corrected chi connectivity index (χ2v) is 5.67. The first-order valence-electron chi connectivity index (χ1n) is 4.61. The van der Waals surface area contributed by atoms with Gasteiger partial charge in [-0.2, -0.15) is 15.7 Å². The molecular weight excluding hydrogens is 182 g/mol. The Labute approximate surface area is 81.9 Å². The molecule has 0 amide bonds. The van der Waals surface area contributed by atoms with Gasteiger partial charge in [-0.3, -0.25) is 0 Å². The van der Waals surface area contributed by atoms with Crippen molar-refractivity contribution < 1.29 is 4.79 Å². The summed E-state index contributed by atoms with van der Waals surface area (Å²) in [7, 11) is 0.222. The second-order valence-electron chi connectivity index (χ2n) is 3.54. The predicted octanol–water partition coefficient (Wildman–Crippen LogP) is 1.97. The number of nitriles is 1. The number of hydrogen-bond donors (Lipinski definition) is 0. The summed E-state index contributed by atoms with van der Waals surface area (Å²) in [5, 5.41) is 10.2. The highest BCUT2D eigenvalue weighted by Crippen LogP contribution is 2.29. The molecule has 0 radical (unpaired) electrons. The van der Waals surface area contributed by atoms with E-state index in [1.54, 1.807) is 12.3 Å². The summed E-state index contributed by atoms with van der Waals surface area (Å²) in [6, 6.07) is 2.11. The molecule has 0 aromatic carbocycles. The van der Waals surface area contributed by atoms with Crippen LogP contribution in [0.3, 0.4) is 0 Å². The maximum Gasteiger partial charge on any atom is 0.130 e. The van der Waals surface area contributed by atoms with Crippen LogP contribution in [0.4, 0.5) is 0 Å². The van der Waals surface area contributed by atoms with Gasteiger partial charge in [0.1, 0.15) is 5.78 Å². The van der Waals surface area contributed by atoms with Gasteiger partial charge in [0, 0.05) is 11.8 Å². The van der Waals surface area contributed by atoms with Gasteiger partial charge in [-0.1, -0.05) is 0 Å². The Morgan fingerprint density at radius 1 is 1.62 bits per heavy atom. The molecule has 0 N–H and O–H groups in total. The molecule has 0 bridgehead atoms. The first kappa shape index (κ1) is 10.5. The Bertz CT molecular complexity index is 255. The molecule has 13 heavy (non-hydrogen) atoms.